The molecule has 0 spiro atoms. The van der Waals surface area contributed by atoms with E-state index in [1.807, 2.05) is 6.92 Å². The molecule has 0 aliphatic heterocycles. The maximum atomic E-state index is 12.1. The van der Waals surface area contributed by atoms with Gasteiger partial charge in [0.1, 0.15) is 5.00 Å². The largest absolute Gasteiger partial charge is 0.462 e. The molecule has 0 aliphatic carbocycles. The van der Waals surface area contributed by atoms with Crippen molar-refractivity contribution in [3.63, 3.8) is 0 Å². The SMILES string of the molecule is CCOC(=O)c1cc(CC)sc1NC(=O)COC(=O)c1cnc(C)cn1. The normalized spacial score (nSPS) is 10.3. The molecule has 2 rings (SSSR count). The molecular formula is C17H19N3O5S. The van der Waals surface area contributed by atoms with E-state index in [9.17, 15) is 14.4 Å². The Morgan fingerprint density at radius 3 is 2.50 bits per heavy atom. The molecule has 0 bridgehead atoms. The predicted molar refractivity (Wildman–Crippen MR) is 95.3 cm³/mol. The summed E-state index contributed by atoms with van der Waals surface area (Å²) in [7, 11) is 0. The van der Waals surface area contributed by atoms with E-state index in [0.717, 1.165) is 4.88 Å². The van der Waals surface area contributed by atoms with Gasteiger partial charge in [0.15, 0.2) is 12.3 Å². The van der Waals surface area contributed by atoms with Gasteiger partial charge < -0.3 is 14.8 Å². The zero-order valence-corrected chi connectivity index (χ0v) is 15.5. The van der Waals surface area contributed by atoms with Gasteiger partial charge >= 0.3 is 11.9 Å². The minimum absolute atomic E-state index is 0.0139. The quantitative estimate of drug-likeness (QED) is 0.738. The number of hydrogen-bond acceptors (Lipinski definition) is 8. The van der Waals surface area contributed by atoms with Gasteiger partial charge in [0.05, 0.1) is 24.1 Å². The minimum Gasteiger partial charge on any atom is -0.462 e. The van der Waals surface area contributed by atoms with E-state index in [1.54, 1.807) is 19.9 Å². The van der Waals surface area contributed by atoms with E-state index in [1.165, 1.54) is 23.7 Å². The Balaban J connectivity index is 1.99. The van der Waals surface area contributed by atoms with Crippen LogP contribution in [0.3, 0.4) is 0 Å². The Kier molecular flexibility index (Phi) is 6.79. The lowest BCUT2D eigenvalue weighted by Crippen LogP contribution is -2.22. The Hall–Kier alpha value is -2.81. The number of amides is 1. The van der Waals surface area contributed by atoms with Crippen LogP contribution < -0.4 is 5.32 Å². The average molecular weight is 377 g/mol. The molecule has 138 valence electrons. The van der Waals surface area contributed by atoms with Crippen molar-refractivity contribution in [2.75, 3.05) is 18.5 Å². The molecule has 2 aromatic heterocycles. The molecule has 0 fully saturated rings. The standard InChI is InChI=1S/C17H19N3O5S/c1-4-11-6-12(16(22)24-5-2)15(26-11)20-14(21)9-25-17(23)13-8-18-10(3)7-19-13/h6-8H,4-5,9H2,1-3H3,(H,20,21). The lowest BCUT2D eigenvalue weighted by atomic mass is 10.2. The van der Waals surface area contributed by atoms with Crippen molar-refractivity contribution >= 4 is 34.2 Å². The highest BCUT2D eigenvalue weighted by molar-refractivity contribution is 7.16. The number of ether oxygens (including phenoxy) is 2. The molecule has 1 amide bonds. The fourth-order valence-electron chi connectivity index (χ4n) is 1.94. The second kappa shape index (κ2) is 9.04. The minimum atomic E-state index is -0.751. The van der Waals surface area contributed by atoms with Crippen LogP contribution >= 0.6 is 11.3 Å². The molecule has 2 heterocycles. The molecular weight excluding hydrogens is 358 g/mol. The van der Waals surface area contributed by atoms with Crippen molar-refractivity contribution in [1.82, 2.24) is 9.97 Å². The number of esters is 2. The molecule has 9 heteroatoms. The van der Waals surface area contributed by atoms with Crippen LogP contribution in [0.5, 0.6) is 0 Å². The lowest BCUT2D eigenvalue weighted by molar-refractivity contribution is -0.119. The summed E-state index contributed by atoms with van der Waals surface area (Å²) in [4.78, 5) is 44.7. The van der Waals surface area contributed by atoms with Crippen molar-refractivity contribution in [2.45, 2.75) is 27.2 Å². The third kappa shape index (κ3) is 5.09. The van der Waals surface area contributed by atoms with Crippen LogP contribution in [0.4, 0.5) is 5.00 Å². The lowest BCUT2D eigenvalue weighted by Gasteiger charge is -2.07. The van der Waals surface area contributed by atoms with Gasteiger partial charge in [0.2, 0.25) is 0 Å². The van der Waals surface area contributed by atoms with Gasteiger partial charge in [-0.15, -0.1) is 11.3 Å². The highest BCUT2D eigenvalue weighted by atomic mass is 32.1. The third-order valence-electron chi connectivity index (χ3n) is 3.20. The van der Waals surface area contributed by atoms with Crippen molar-refractivity contribution in [1.29, 1.82) is 0 Å². The van der Waals surface area contributed by atoms with Crippen LogP contribution in [0.15, 0.2) is 18.5 Å². The van der Waals surface area contributed by atoms with Gasteiger partial charge in [-0.25, -0.2) is 14.6 Å². The molecule has 0 unspecified atom stereocenters. The fraction of sp³-hybridized carbons (Fsp3) is 0.353. The summed E-state index contributed by atoms with van der Waals surface area (Å²) in [6.45, 7) is 5.12. The molecule has 2 aromatic rings. The number of nitrogens with zero attached hydrogens (tertiary/aromatic N) is 2. The maximum absolute atomic E-state index is 12.1. The average Bonchev–Trinajstić information content (AvgIpc) is 3.03. The number of rotatable bonds is 7. The number of nitrogens with one attached hydrogen (secondary N) is 1. The number of carbonyl (C=O) groups excluding carboxylic acids is 3. The molecule has 0 radical (unpaired) electrons. The maximum Gasteiger partial charge on any atom is 0.359 e. The summed E-state index contributed by atoms with van der Waals surface area (Å²) < 4.78 is 9.91. The van der Waals surface area contributed by atoms with Gasteiger partial charge in [-0.05, 0) is 26.3 Å². The van der Waals surface area contributed by atoms with E-state index in [-0.39, 0.29) is 17.9 Å². The smallest absolute Gasteiger partial charge is 0.359 e. The van der Waals surface area contributed by atoms with Crippen molar-refractivity contribution in [3.8, 4) is 0 Å². The van der Waals surface area contributed by atoms with Gasteiger partial charge in [0.25, 0.3) is 5.91 Å². The fourth-order valence-corrected chi connectivity index (χ4v) is 2.94. The summed E-state index contributed by atoms with van der Waals surface area (Å²) in [6.07, 6.45) is 3.43. The van der Waals surface area contributed by atoms with Gasteiger partial charge in [-0.3, -0.25) is 9.78 Å². The first-order valence-electron chi connectivity index (χ1n) is 8.00. The summed E-state index contributed by atoms with van der Waals surface area (Å²) >= 11 is 1.28. The van der Waals surface area contributed by atoms with Crippen LogP contribution in [0.25, 0.3) is 0 Å². The molecule has 1 N–H and O–H groups in total. The number of thiophene rings is 1. The first-order chi connectivity index (χ1) is 12.4. The summed E-state index contributed by atoms with van der Waals surface area (Å²) in [5, 5.41) is 2.96. The first kappa shape index (κ1) is 19.5. The molecule has 8 nitrogen and oxygen atoms in total. The van der Waals surface area contributed by atoms with E-state index in [0.29, 0.717) is 17.1 Å². The molecule has 0 atom stereocenters. The Morgan fingerprint density at radius 2 is 1.88 bits per heavy atom. The molecule has 0 aliphatic rings. The van der Waals surface area contributed by atoms with Crippen molar-refractivity contribution < 1.29 is 23.9 Å². The zero-order valence-electron chi connectivity index (χ0n) is 14.7. The second-order valence-electron chi connectivity index (χ2n) is 5.20. The Labute approximate surface area is 154 Å². The van der Waals surface area contributed by atoms with Crippen LogP contribution in [0.2, 0.25) is 0 Å². The second-order valence-corrected chi connectivity index (χ2v) is 6.33. The van der Waals surface area contributed by atoms with Crippen LogP contribution in [0.1, 0.15) is 45.3 Å². The number of hydrogen-bond donors (Lipinski definition) is 1. The number of aryl methyl sites for hydroxylation is 2. The zero-order chi connectivity index (χ0) is 19.1. The number of anilines is 1. The third-order valence-corrected chi connectivity index (χ3v) is 4.40. The molecule has 26 heavy (non-hydrogen) atoms. The summed E-state index contributed by atoms with van der Waals surface area (Å²) in [5.74, 6) is -1.82. The van der Waals surface area contributed by atoms with Crippen molar-refractivity contribution in [2.24, 2.45) is 0 Å². The van der Waals surface area contributed by atoms with Crippen LogP contribution in [-0.4, -0.2) is 41.0 Å². The molecule has 0 aromatic carbocycles. The van der Waals surface area contributed by atoms with E-state index in [4.69, 9.17) is 9.47 Å². The molecule has 0 saturated heterocycles. The summed E-state index contributed by atoms with van der Waals surface area (Å²) in [6, 6.07) is 1.69. The van der Waals surface area contributed by atoms with E-state index < -0.39 is 24.5 Å². The predicted octanol–water partition coefficient (Wildman–Crippen LogP) is 2.38. The van der Waals surface area contributed by atoms with E-state index >= 15 is 0 Å². The number of carbonyl (C=O) groups is 3. The first-order valence-corrected chi connectivity index (χ1v) is 8.81. The number of aromatic nitrogens is 2. The van der Waals surface area contributed by atoms with Crippen LogP contribution in [0, 0.1) is 6.92 Å². The monoisotopic (exact) mass is 377 g/mol. The highest BCUT2D eigenvalue weighted by Gasteiger charge is 2.19. The van der Waals surface area contributed by atoms with Crippen molar-refractivity contribution in [3.05, 3.63) is 40.3 Å². The highest BCUT2D eigenvalue weighted by Crippen LogP contribution is 2.29. The van der Waals surface area contributed by atoms with E-state index in [2.05, 4.69) is 15.3 Å². The van der Waals surface area contributed by atoms with Gasteiger partial charge in [-0.2, -0.15) is 0 Å². The van der Waals surface area contributed by atoms with Gasteiger partial charge in [0, 0.05) is 11.1 Å². The Morgan fingerprint density at radius 1 is 1.12 bits per heavy atom. The van der Waals surface area contributed by atoms with Gasteiger partial charge in [-0.1, -0.05) is 6.92 Å². The topological polar surface area (TPSA) is 107 Å². The van der Waals surface area contributed by atoms with Crippen LogP contribution in [-0.2, 0) is 20.7 Å². The molecule has 0 saturated carbocycles. The Bertz CT molecular complexity index is 801. The summed E-state index contributed by atoms with van der Waals surface area (Å²) in [5.41, 5.74) is 0.966.